The average molecular weight is 395 g/mol. The van der Waals surface area contributed by atoms with E-state index < -0.39 is 27.5 Å². The normalized spacial score (nSPS) is 12.4. The summed E-state index contributed by atoms with van der Waals surface area (Å²) in [5.41, 5.74) is -0.125. The third kappa shape index (κ3) is 4.99. The Labute approximate surface area is 154 Å². The highest BCUT2D eigenvalue weighted by atomic mass is 32.2. The highest BCUT2D eigenvalue weighted by Gasteiger charge is 2.30. The largest absolute Gasteiger partial charge is 0.508 e. The van der Waals surface area contributed by atoms with Crippen molar-refractivity contribution >= 4 is 20.8 Å². The molecule has 0 amide bonds. The van der Waals surface area contributed by atoms with Crippen molar-refractivity contribution in [3.8, 4) is 5.75 Å². The number of fused-ring (bicyclic) bond motifs is 1. The molecular formula is C19H16F3NO3S. The van der Waals surface area contributed by atoms with Crippen LogP contribution in [0.3, 0.4) is 0 Å². The highest BCUT2D eigenvalue weighted by molar-refractivity contribution is 7.88. The van der Waals surface area contributed by atoms with Crippen LogP contribution in [0.15, 0.2) is 60.7 Å². The Morgan fingerprint density at radius 1 is 0.889 bits per heavy atom. The van der Waals surface area contributed by atoms with Crippen molar-refractivity contribution in [2.45, 2.75) is 18.5 Å². The van der Waals surface area contributed by atoms with Gasteiger partial charge in [-0.05, 0) is 46.2 Å². The number of phenols is 1. The van der Waals surface area contributed by atoms with Crippen LogP contribution in [0.25, 0.3) is 10.8 Å². The molecule has 0 bridgehead atoms. The second kappa shape index (κ2) is 7.21. The second-order valence-electron chi connectivity index (χ2n) is 6.14. The molecule has 0 aliphatic carbocycles. The van der Waals surface area contributed by atoms with Crippen molar-refractivity contribution in [2.24, 2.45) is 0 Å². The molecular weight excluding hydrogens is 379 g/mol. The van der Waals surface area contributed by atoms with Gasteiger partial charge in [-0.2, -0.15) is 13.2 Å². The van der Waals surface area contributed by atoms with Crippen LogP contribution in [0.5, 0.6) is 5.75 Å². The number of hydrogen-bond donors (Lipinski definition) is 2. The van der Waals surface area contributed by atoms with Gasteiger partial charge in [-0.3, -0.25) is 0 Å². The molecule has 0 spiro atoms. The van der Waals surface area contributed by atoms with Crippen LogP contribution < -0.4 is 4.72 Å². The summed E-state index contributed by atoms with van der Waals surface area (Å²) >= 11 is 0. The van der Waals surface area contributed by atoms with Crippen LogP contribution in [0.2, 0.25) is 0 Å². The molecule has 0 radical (unpaired) electrons. The van der Waals surface area contributed by atoms with Crippen LogP contribution in [0.4, 0.5) is 13.2 Å². The number of hydrogen-bond acceptors (Lipinski definition) is 3. The van der Waals surface area contributed by atoms with E-state index in [0.29, 0.717) is 5.56 Å². The average Bonchev–Trinajstić information content (AvgIpc) is 2.59. The molecule has 3 rings (SSSR count). The molecule has 3 aromatic carbocycles. The van der Waals surface area contributed by atoms with Crippen LogP contribution in [-0.4, -0.2) is 13.5 Å². The van der Waals surface area contributed by atoms with Crippen LogP contribution in [-0.2, 0) is 28.5 Å². The number of rotatable bonds is 5. The quantitative estimate of drug-likeness (QED) is 0.681. The second-order valence-corrected chi connectivity index (χ2v) is 7.95. The van der Waals surface area contributed by atoms with E-state index in [2.05, 4.69) is 4.72 Å². The Balaban J connectivity index is 1.71. The Morgan fingerprint density at radius 3 is 2.33 bits per heavy atom. The smallest absolute Gasteiger partial charge is 0.416 e. The van der Waals surface area contributed by atoms with Gasteiger partial charge in [-0.25, -0.2) is 13.1 Å². The lowest BCUT2D eigenvalue weighted by Gasteiger charge is -2.10. The Hall–Kier alpha value is -2.58. The zero-order chi connectivity index (χ0) is 19.7. The fraction of sp³-hybridized carbons (Fsp3) is 0.158. The molecule has 2 N–H and O–H groups in total. The number of phenolic OH excluding ortho intramolecular Hbond substituents is 1. The molecule has 4 nitrogen and oxygen atoms in total. The van der Waals surface area contributed by atoms with E-state index in [1.54, 1.807) is 30.3 Å². The number of sulfonamides is 1. The van der Waals surface area contributed by atoms with Gasteiger partial charge in [0.15, 0.2) is 0 Å². The number of halogens is 3. The van der Waals surface area contributed by atoms with Gasteiger partial charge in [0.1, 0.15) is 5.75 Å². The van der Waals surface area contributed by atoms with Gasteiger partial charge in [-0.15, -0.1) is 0 Å². The summed E-state index contributed by atoms with van der Waals surface area (Å²) in [6.45, 7) is 0.0120. The molecule has 0 saturated heterocycles. The zero-order valence-electron chi connectivity index (χ0n) is 14.0. The van der Waals surface area contributed by atoms with Gasteiger partial charge in [0.05, 0.1) is 11.3 Å². The van der Waals surface area contributed by atoms with E-state index in [1.807, 2.05) is 0 Å². The minimum absolute atomic E-state index is 0.0120. The third-order valence-electron chi connectivity index (χ3n) is 4.00. The van der Waals surface area contributed by atoms with Crippen molar-refractivity contribution in [3.63, 3.8) is 0 Å². The summed E-state index contributed by atoms with van der Waals surface area (Å²) < 4.78 is 65.1. The van der Waals surface area contributed by atoms with Gasteiger partial charge < -0.3 is 5.11 Å². The first-order valence-corrected chi connectivity index (χ1v) is 9.63. The van der Waals surface area contributed by atoms with Crippen LogP contribution in [0.1, 0.15) is 16.7 Å². The van der Waals surface area contributed by atoms with Gasteiger partial charge in [0.2, 0.25) is 10.0 Å². The van der Waals surface area contributed by atoms with Gasteiger partial charge >= 0.3 is 6.18 Å². The fourth-order valence-electron chi connectivity index (χ4n) is 2.69. The first-order valence-electron chi connectivity index (χ1n) is 7.97. The van der Waals surface area contributed by atoms with Crippen LogP contribution >= 0.6 is 0 Å². The number of benzene rings is 3. The molecule has 0 fully saturated rings. The zero-order valence-corrected chi connectivity index (χ0v) is 14.8. The lowest BCUT2D eigenvalue weighted by atomic mass is 10.1. The van der Waals surface area contributed by atoms with Crippen molar-refractivity contribution < 1.29 is 26.7 Å². The van der Waals surface area contributed by atoms with E-state index in [1.165, 1.54) is 18.2 Å². The van der Waals surface area contributed by atoms with E-state index in [9.17, 15) is 26.7 Å². The Morgan fingerprint density at radius 2 is 1.59 bits per heavy atom. The Kier molecular flexibility index (Phi) is 5.12. The highest BCUT2D eigenvalue weighted by Crippen LogP contribution is 2.29. The molecule has 0 saturated carbocycles. The minimum Gasteiger partial charge on any atom is -0.508 e. The molecule has 8 heteroatoms. The maximum Gasteiger partial charge on any atom is 0.416 e. The van der Waals surface area contributed by atoms with Crippen molar-refractivity contribution in [1.29, 1.82) is 0 Å². The summed E-state index contributed by atoms with van der Waals surface area (Å²) in [4.78, 5) is 0. The molecule has 0 unspecified atom stereocenters. The van der Waals surface area contributed by atoms with Gasteiger partial charge in [0.25, 0.3) is 0 Å². The Bertz CT molecular complexity index is 1080. The summed E-state index contributed by atoms with van der Waals surface area (Å²) in [6, 6.07) is 14.4. The third-order valence-corrected chi connectivity index (χ3v) is 5.29. The maximum absolute atomic E-state index is 12.7. The lowest BCUT2D eigenvalue weighted by molar-refractivity contribution is -0.137. The lowest BCUT2D eigenvalue weighted by Crippen LogP contribution is -2.24. The van der Waals surface area contributed by atoms with E-state index >= 15 is 0 Å². The standard InChI is InChI=1S/C19H16F3NO3S/c20-19(21,22)17-3-1-2-14(9-17)12-27(25,26)23-11-13-4-5-16-10-18(24)7-6-15(16)8-13/h1-10,23-24H,11-12H2. The molecule has 3 aromatic rings. The SMILES string of the molecule is O=S(=O)(Cc1cccc(C(F)(F)F)c1)NCc1ccc2cc(O)ccc2c1. The molecule has 0 heterocycles. The van der Waals surface area contributed by atoms with E-state index in [-0.39, 0.29) is 17.9 Å². The van der Waals surface area contributed by atoms with Crippen molar-refractivity contribution in [3.05, 3.63) is 77.4 Å². The molecule has 0 atom stereocenters. The number of nitrogens with one attached hydrogen (secondary N) is 1. The molecule has 0 aliphatic rings. The summed E-state index contributed by atoms with van der Waals surface area (Å²) in [5.74, 6) is -0.407. The summed E-state index contributed by atoms with van der Waals surface area (Å²) in [5, 5.41) is 11.1. The van der Waals surface area contributed by atoms with Crippen molar-refractivity contribution in [2.75, 3.05) is 0 Å². The topological polar surface area (TPSA) is 66.4 Å². The minimum atomic E-state index is -4.52. The molecule has 27 heavy (non-hydrogen) atoms. The van der Waals surface area contributed by atoms with Crippen LogP contribution in [0, 0.1) is 0 Å². The predicted molar refractivity (Wildman–Crippen MR) is 96.5 cm³/mol. The van der Waals surface area contributed by atoms with E-state index in [4.69, 9.17) is 0 Å². The van der Waals surface area contributed by atoms with Crippen molar-refractivity contribution in [1.82, 2.24) is 4.72 Å². The first kappa shape index (κ1) is 19.2. The molecule has 0 aliphatic heterocycles. The number of alkyl halides is 3. The first-order chi connectivity index (χ1) is 12.6. The maximum atomic E-state index is 12.7. The molecule has 0 aromatic heterocycles. The van der Waals surface area contributed by atoms with E-state index in [0.717, 1.165) is 22.9 Å². The number of aromatic hydroxyl groups is 1. The fourth-order valence-corrected chi connectivity index (χ4v) is 3.80. The predicted octanol–water partition coefficient (Wildman–Crippen LogP) is 4.18. The monoisotopic (exact) mass is 395 g/mol. The summed E-state index contributed by atoms with van der Waals surface area (Å²) in [7, 11) is -3.81. The van der Waals surface area contributed by atoms with Gasteiger partial charge in [0, 0.05) is 6.54 Å². The van der Waals surface area contributed by atoms with Gasteiger partial charge in [-0.1, -0.05) is 36.4 Å². The molecule has 142 valence electrons. The summed E-state index contributed by atoms with van der Waals surface area (Å²) in [6.07, 6.45) is -4.52.